The fraction of sp³-hybridized carbons (Fsp3) is 0.471. The molecule has 1 aromatic rings. The summed E-state index contributed by atoms with van der Waals surface area (Å²) in [5.41, 5.74) is 0.667. The number of non-ortho nitro benzene ring substituents is 1. The summed E-state index contributed by atoms with van der Waals surface area (Å²) in [6.45, 7) is 2.18. The molecule has 1 aliphatic rings. The Balaban J connectivity index is 1.98. The van der Waals surface area contributed by atoms with Gasteiger partial charge in [0.2, 0.25) is 5.91 Å². The van der Waals surface area contributed by atoms with E-state index in [1.807, 2.05) is 0 Å². The number of benzene rings is 1. The van der Waals surface area contributed by atoms with Gasteiger partial charge >= 0.3 is 5.97 Å². The maximum absolute atomic E-state index is 12.5. The van der Waals surface area contributed by atoms with Crippen molar-refractivity contribution in [3.63, 3.8) is 0 Å². The van der Waals surface area contributed by atoms with Crippen LogP contribution in [0.4, 0.5) is 5.69 Å². The number of likely N-dealkylation sites (tertiary alicyclic amines) is 1. The largest absolute Gasteiger partial charge is 0.481 e. The second-order valence-corrected chi connectivity index (χ2v) is 6.41. The van der Waals surface area contributed by atoms with E-state index in [0.717, 1.165) is 0 Å². The number of amides is 2. The Bertz CT molecular complexity index is 740. The molecule has 1 aromatic carbocycles. The predicted molar refractivity (Wildman–Crippen MR) is 91.7 cm³/mol. The average molecular weight is 363 g/mol. The van der Waals surface area contributed by atoms with Crippen LogP contribution in [0, 0.1) is 23.0 Å². The van der Waals surface area contributed by atoms with E-state index in [1.54, 1.807) is 11.8 Å². The fourth-order valence-corrected chi connectivity index (χ4v) is 2.96. The van der Waals surface area contributed by atoms with Crippen molar-refractivity contribution in [2.45, 2.75) is 19.8 Å². The lowest BCUT2D eigenvalue weighted by molar-refractivity contribution is -0.384. The first kappa shape index (κ1) is 19.4. The van der Waals surface area contributed by atoms with E-state index in [1.165, 1.54) is 30.1 Å². The molecule has 1 heterocycles. The number of likely N-dealkylation sites (N-methyl/N-ethyl adjacent to an activating group) is 1. The third-order valence-corrected chi connectivity index (χ3v) is 4.57. The van der Waals surface area contributed by atoms with Crippen molar-refractivity contribution in [3.05, 3.63) is 39.4 Å². The number of hydrogen-bond acceptors (Lipinski definition) is 5. The van der Waals surface area contributed by atoms with Crippen LogP contribution in [0.3, 0.4) is 0 Å². The molecule has 26 heavy (non-hydrogen) atoms. The molecule has 1 aliphatic heterocycles. The van der Waals surface area contributed by atoms with Gasteiger partial charge in [0.05, 0.1) is 17.4 Å². The molecule has 9 heteroatoms. The van der Waals surface area contributed by atoms with E-state index in [4.69, 9.17) is 5.11 Å². The normalized spacial score (nSPS) is 14.8. The smallest absolute Gasteiger partial charge is 0.306 e. The summed E-state index contributed by atoms with van der Waals surface area (Å²) in [7, 11) is 1.49. The lowest BCUT2D eigenvalue weighted by Gasteiger charge is -2.31. The molecule has 0 unspecified atom stereocenters. The summed E-state index contributed by atoms with van der Waals surface area (Å²) in [6, 6.07) is 3.96. The highest BCUT2D eigenvalue weighted by Gasteiger charge is 2.28. The number of piperidine rings is 1. The number of rotatable bonds is 5. The van der Waals surface area contributed by atoms with E-state index >= 15 is 0 Å². The van der Waals surface area contributed by atoms with Gasteiger partial charge in [0.25, 0.3) is 11.6 Å². The summed E-state index contributed by atoms with van der Waals surface area (Å²) < 4.78 is 0. The quantitative estimate of drug-likeness (QED) is 0.622. The number of nitro groups is 1. The van der Waals surface area contributed by atoms with Gasteiger partial charge in [0.1, 0.15) is 0 Å². The Hall–Kier alpha value is -2.97. The predicted octanol–water partition coefficient (Wildman–Crippen LogP) is 1.30. The van der Waals surface area contributed by atoms with Crippen LogP contribution in [0.25, 0.3) is 0 Å². The minimum Gasteiger partial charge on any atom is -0.481 e. The summed E-state index contributed by atoms with van der Waals surface area (Å²) in [5.74, 6) is -1.92. The zero-order valence-corrected chi connectivity index (χ0v) is 14.7. The molecule has 0 atom stereocenters. The fourth-order valence-electron chi connectivity index (χ4n) is 2.96. The van der Waals surface area contributed by atoms with Gasteiger partial charge in [-0.3, -0.25) is 24.5 Å². The second kappa shape index (κ2) is 7.94. The molecule has 1 saturated heterocycles. The van der Waals surface area contributed by atoms with Gasteiger partial charge in [-0.1, -0.05) is 0 Å². The van der Waals surface area contributed by atoms with Crippen LogP contribution >= 0.6 is 0 Å². The number of hydrogen-bond donors (Lipinski definition) is 1. The molecule has 0 radical (unpaired) electrons. The SMILES string of the molecule is Cc1cc([N+](=O)[O-])ccc1C(=O)N(C)CC(=O)N1CCC(C(=O)O)CC1. The van der Waals surface area contributed by atoms with Gasteiger partial charge in [0.15, 0.2) is 0 Å². The summed E-state index contributed by atoms with van der Waals surface area (Å²) in [5, 5.41) is 19.8. The van der Waals surface area contributed by atoms with Gasteiger partial charge in [0, 0.05) is 37.8 Å². The van der Waals surface area contributed by atoms with Gasteiger partial charge in [-0.2, -0.15) is 0 Å². The van der Waals surface area contributed by atoms with Gasteiger partial charge in [-0.25, -0.2) is 0 Å². The molecule has 1 fully saturated rings. The molecule has 2 amide bonds. The maximum Gasteiger partial charge on any atom is 0.306 e. The van der Waals surface area contributed by atoms with Crippen molar-refractivity contribution in [3.8, 4) is 0 Å². The number of carboxylic acids is 1. The Kier molecular flexibility index (Phi) is 5.91. The first-order valence-corrected chi connectivity index (χ1v) is 8.21. The Morgan fingerprint density at radius 3 is 2.42 bits per heavy atom. The van der Waals surface area contributed by atoms with E-state index in [-0.39, 0.29) is 18.1 Å². The number of carbonyl (C=O) groups is 3. The van der Waals surface area contributed by atoms with Crippen molar-refractivity contribution in [2.24, 2.45) is 5.92 Å². The zero-order chi connectivity index (χ0) is 19.4. The highest BCUT2D eigenvalue weighted by Crippen LogP contribution is 2.19. The van der Waals surface area contributed by atoms with Crippen LogP contribution in [0.5, 0.6) is 0 Å². The van der Waals surface area contributed by atoms with Crippen LogP contribution in [-0.4, -0.2) is 64.3 Å². The van der Waals surface area contributed by atoms with Crippen molar-refractivity contribution in [1.82, 2.24) is 9.80 Å². The highest BCUT2D eigenvalue weighted by atomic mass is 16.6. The lowest BCUT2D eigenvalue weighted by Crippen LogP contribution is -2.45. The van der Waals surface area contributed by atoms with Gasteiger partial charge in [-0.05, 0) is 31.4 Å². The Morgan fingerprint density at radius 1 is 1.31 bits per heavy atom. The molecular weight excluding hydrogens is 342 g/mol. The lowest BCUT2D eigenvalue weighted by atomic mass is 9.97. The second-order valence-electron chi connectivity index (χ2n) is 6.41. The third-order valence-electron chi connectivity index (χ3n) is 4.57. The Labute approximate surface area is 150 Å². The molecule has 0 spiro atoms. The monoisotopic (exact) mass is 363 g/mol. The summed E-state index contributed by atoms with van der Waals surface area (Å²) >= 11 is 0. The van der Waals surface area contributed by atoms with Crippen LogP contribution in [0.15, 0.2) is 18.2 Å². The molecule has 0 saturated carbocycles. The van der Waals surface area contributed by atoms with Crippen LogP contribution in [0.1, 0.15) is 28.8 Å². The third kappa shape index (κ3) is 4.35. The topological polar surface area (TPSA) is 121 Å². The van der Waals surface area contributed by atoms with Gasteiger partial charge < -0.3 is 14.9 Å². The molecule has 0 aromatic heterocycles. The first-order valence-electron chi connectivity index (χ1n) is 8.21. The van der Waals surface area contributed by atoms with E-state index in [9.17, 15) is 24.5 Å². The van der Waals surface area contributed by atoms with E-state index in [2.05, 4.69) is 0 Å². The first-order chi connectivity index (χ1) is 12.2. The number of carbonyl (C=O) groups excluding carboxylic acids is 2. The molecule has 1 N–H and O–H groups in total. The number of nitro benzene ring substituents is 1. The molecule has 2 rings (SSSR count). The molecule has 9 nitrogen and oxygen atoms in total. The van der Waals surface area contributed by atoms with E-state index in [0.29, 0.717) is 37.1 Å². The van der Waals surface area contributed by atoms with Crippen molar-refractivity contribution in [2.75, 3.05) is 26.7 Å². The number of carboxylic acid groups (broad SMARTS) is 1. The minimum absolute atomic E-state index is 0.0981. The summed E-state index contributed by atoms with van der Waals surface area (Å²) in [4.78, 5) is 48.9. The average Bonchev–Trinajstić information content (AvgIpc) is 2.60. The molecule has 0 aliphatic carbocycles. The minimum atomic E-state index is -0.849. The van der Waals surface area contributed by atoms with Crippen molar-refractivity contribution < 1.29 is 24.4 Å². The summed E-state index contributed by atoms with van der Waals surface area (Å²) in [6.07, 6.45) is 0.806. The van der Waals surface area contributed by atoms with Crippen LogP contribution < -0.4 is 0 Å². The van der Waals surface area contributed by atoms with Crippen molar-refractivity contribution >= 4 is 23.5 Å². The van der Waals surface area contributed by atoms with Crippen molar-refractivity contribution in [1.29, 1.82) is 0 Å². The maximum atomic E-state index is 12.5. The zero-order valence-electron chi connectivity index (χ0n) is 14.7. The molecule has 0 bridgehead atoms. The van der Waals surface area contributed by atoms with Crippen LogP contribution in [-0.2, 0) is 9.59 Å². The highest BCUT2D eigenvalue weighted by molar-refractivity contribution is 5.97. The molecule has 140 valence electrons. The van der Waals surface area contributed by atoms with E-state index < -0.39 is 22.7 Å². The van der Waals surface area contributed by atoms with Gasteiger partial charge in [-0.15, -0.1) is 0 Å². The Morgan fingerprint density at radius 2 is 1.92 bits per heavy atom. The number of nitrogens with zero attached hydrogens (tertiary/aromatic N) is 3. The molecular formula is C17H21N3O6. The van der Waals surface area contributed by atoms with Crippen LogP contribution in [0.2, 0.25) is 0 Å². The number of aliphatic carboxylic acids is 1. The standard InChI is InChI=1S/C17H21N3O6/c1-11-9-13(20(25)26)3-4-14(11)16(22)18(2)10-15(21)19-7-5-12(6-8-19)17(23)24/h3-4,9,12H,5-8,10H2,1-2H3,(H,23,24). The number of aryl methyl sites for hydroxylation is 1.